The number of hydrogen-bond donors (Lipinski definition) is 1. The number of anilines is 1. The summed E-state index contributed by atoms with van der Waals surface area (Å²) in [4.78, 5) is 28.8. The van der Waals surface area contributed by atoms with E-state index in [1.54, 1.807) is 24.3 Å². The van der Waals surface area contributed by atoms with Crippen LogP contribution in [0.5, 0.6) is 0 Å². The molecule has 1 N–H and O–H groups in total. The first-order valence-corrected chi connectivity index (χ1v) is 14.1. The number of nitrogens with one attached hydrogen (secondary N) is 1. The molecule has 0 heterocycles. The van der Waals surface area contributed by atoms with Crippen LogP contribution in [0, 0.1) is 6.92 Å². The average Bonchev–Trinajstić information content (AvgIpc) is 2.85. The Balaban J connectivity index is 2.02. The summed E-state index contributed by atoms with van der Waals surface area (Å²) < 4.78 is 26.6. The molecular weight excluding hydrogens is 486 g/mol. The maximum Gasteiger partial charge on any atom is 0.244 e. The van der Waals surface area contributed by atoms with Gasteiger partial charge in [0.05, 0.1) is 11.9 Å². The molecule has 0 aliphatic carbocycles. The van der Waals surface area contributed by atoms with Crippen molar-refractivity contribution in [1.29, 1.82) is 0 Å². The van der Waals surface area contributed by atoms with Gasteiger partial charge in [-0.05, 0) is 44.0 Å². The highest BCUT2D eigenvalue weighted by molar-refractivity contribution is 7.92. The van der Waals surface area contributed by atoms with Crippen LogP contribution >= 0.6 is 0 Å². The van der Waals surface area contributed by atoms with Gasteiger partial charge in [0.1, 0.15) is 12.6 Å². The maximum absolute atomic E-state index is 13.9. The largest absolute Gasteiger partial charge is 0.352 e. The highest BCUT2D eigenvalue weighted by Crippen LogP contribution is 2.21. The topological polar surface area (TPSA) is 86.8 Å². The van der Waals surface area contributed by atoms with Crippen molar-refractivity contribution in [3.63, 3.8) is 0 Å². The molecule has 0 fully saturated rings. The highest BCUT2D eigenvalue weighted by Gasteiger charge is 2.33. The smallest absolute Gasteiger partial charge is 0.244 e. The van der Waals surface area contributed by atoms with Crippen LogP contribution in [0.15, 0.2) is 84.9 Å². The van der Waals surface area contributed by atoms with Gasteiger partial charge in [0, 0.05) is 19.0 Å². The van der Waals surface area contributed by atoms with Crippen molar-refractivity contribution in [2.24, 2.45) is 0 Å². The second kappa shape index (κ2) is 12.5. The van der Waals surface area contributed by atoms with E-state index in [1.165, 1.54) is 4.90 Å². The van der Waals surface area contributed by atoms with E-state index < -0.39 is 28.5 Å². The van der Waals surface area contributed by atoms with E-state index in [0.717, 1.165) is 27.3 Å². The van der Waals surface area contributed by atoms with E-state index in [1.807, 2.05) is 81.4 Å². The molecule has 3 aromatic rings. The Bertz CT molecular complexity index is 1280. The molecule has 37 heavy (non-hydrogen) atoms. The lowest BCUT2D eigenvalue weighted by atomic mass is 10.0. The standard InChI is InChI=1S/C29H35N3O4S/c1-22(2)30-29(34)27(19-24-11-7-5-8-12-24)31(20-25-13-9-6-10-14-25)28(33)21-32(37(4,35)36)26-17-15-23(3)16-18-26/h5-18,22,27H,19-21H2,1-4H3,(H,30,34). The van der Waals surface area contributed by atoms with Crippen molar-refractivity contribution >= 4 is 27.5 Å². The van der Waals surface area contributed by atoms with Gasteiger partial charge < -0.3 is 10.2 Å². The average molecular weight is 522 g/mol. The first-order valence-electron chi connectivity index (χ1n) is 12.3. The third-order valence-electron chi connectivity index (χ3n) is 5.90. The van der Waals surface area contributed by atoms with Crippen LogP contribution in [0.3, 0.4) is 0 Å². The number of sulfonamides is 1. The summed E-state index contributed by atoms with van der Waals surface area (Å²) in [7, 11) is -3.77. The Labute approximate surface area is 220 Å². The van der Waals surface area contributed by atoms with Crippen LogP contribution < -0.4 is 9.62 Å². The van der Waals surface area contributed by atoms with Gasteiger partial charge in [0.2, 0.25) is 21.8 Å². The van der Waals surface area contributed by atoms with Crippen LogP contribution in [0.1, 0.15) is 30.5 Å². The van der Waals surface area contributed by atoms with Gasteiger partial charge in [-0.3, -0.25) is 13.9 Å². The van der Waals surface area contributed by atoms with Crippen molar-refractivity contribution in [2.75, 3.05) is 17.1 Å². The van der Waals surface area contributed by atoms with E-state index in [4.69, 9.17) is 0 Å². The third kappa shape index (κ3) is 8.18. The number of nitrogens with zero attached hydrogens (tertiary/aromatic N) is 2. The predicted octanol–water partition coefficient (Wildman–Crippen LogP) is 3.93. The number of aryl methyl sites for hydroxylation is 1. The van der Waals surface area contributed by atoms with Crippen molar-refractivity contribution in [2.45, 2.75) is 45.8 Å². The van der Waals surface area contributed by atoms with Gasteiger partial charge in [0.25, 0.3) is 0 Å². The minimum absolute atomic E-state index is 0.125. The second-order valence-electron chi connectivity index (χ2n) is 9.48. The summed E-state index contributed by atoms with van der Waals surface area (Å²) in [5, 5.41) is 2.94. The van der Waals surface area contributed by atoms with E-state index >= 15 is 0 Å². The van der Waals surface area contributed by atoms with Gasteiger partial charge >= 0.3 is 0 Å². The molecule has 8 heteroatoms. The fourth-order valence-corrected chi connectivity index (χ4v) is 4.89. The quantitative estimate of drug-likeness (QED) is 0.414. The molecule has 0 saturated carbocycles. The van der Waals surface area contributed by atoms with Crippen LogP contribution in [-0.4, -0.2) is 50.0 Å². The van der Waals surface area contributed by atoms with Crippen molar-refractivity contribution in [3.05, 3.63) is 102 Å². The minimum atomic E-state index is -3.77. The highest BCUT2D eigenvalue weighted by atomic mass is 32.2. The summed E-state index contributed by atoms with van der Waals surface area (Å²) in [6, 6.07) is 24.9. The second-order valence-corrected chi connectivity index (χ2v) is 11.4. The summed E-state index contributed by atoms with van der Waals surface area (Å²) in [6.07, 6.45) is 1.37. The van der Waals surface area contributed by atoms with Gasteiger partial charge in [-0.2, -0.15) is 0 Å². The summed E-state index contributed by atoms with van der Waals surface area (Å²) in [5.41, 5.74) is 3.11. The molecule has 196 valence electrons. The Morgan fingerprint density at radius 1 is 0.838 bits per heavy atom. The lowest BCUT2D eigenvalue weighted by Gasteiger charge is -2.34. The molecule has 3 rings (SSSR count). The molecule has 1 unspecified atom stereocenters. The van der Waals surface area contributed by atoms with Crippen LogP contribution in [0.2, 0.25) is 0 Å². The van der Waals surface area contributed by atoms with Gasteiger partial charge in [0.15, 0.2) is 0 Å². The van der Waals surface area contributed by atoms with E-state index in [9.17, 15) is 18.0 Å². The van der Waals surface area contributed by atoms with Crippen LogP contribution in [-0.2, 0) is 32.6 Å². The van der Waals surface area contributed by atoms with Crippen LogP contribution in [0.25, 0.3) is 0 Å². The van der Waals surface area contributed by atoms with E-state index in [2.05, 4.69) is 5.32 Å². The van der Waals surface area contributed by atoms with Gasteiger partial charge in [-0.25, -0.2) is 8.42 Å². The van der Waals surface area contributed by atoms with Crippen LogP contribution in [0.4, 0.5) is 5.69 Å². The number of hydrogen-bond acceptors (Lipinski definition) is 4. The molecule has 0 aromatic heterocycles. The molecular formula is C29H35N3O4S. The van der Waals surface area contributed by atoms with Gasteiger partial charge in [-0.15, -0.1) is 0 Å². The molecule has 0 aliphatic rings. The van der Waals surface area contributed by atoms with Crippen molar-refractivity contribution in [3.8, 4) is 0 Å². The predicted molar refractivity (Wildman–Crippen MR) is 148 cm³/mol. The number of benzene rings is 3. The number of amides is 2. The number of carbonyl (C=O) groups excluding carboxylic acids is 2. The SMILES string of the molecule is Cc1ccc(N(CC(=O)N(Cc2ccccc2)C(Cc2ccccc2)C(=O)NC(C)C)S(C)(=O)=O)cc1. The zero-order valence-electron chi connectivity index (χ0n) is 21.8. The first kappa shape index (κ1) is 27.9. The fraction of sp³-hybridized carbons (Fsp3) is 0.310. The maximum atomic E-state index is 13.9. The monoisotopic (exact) mass is 521 g/mol. The summed E-state index contributed by atoms with van der Waals surface area (Å²) in [6.45, 7) is 5.37. The van der Waals surface area contributed by atoms with E-state index in [0.29, 0.717) is 12.1 Å². The molecule has 0 radical (unpaired) electrons. The molecule has 0 spiro atoms. The van der Waals surface area contributed by atoms with Crippen molar-refractivity contribution < 1.29 is 18.0 Å². The zero-order valence-corrected chi connectivity index (χ0v) is 22.6. The molecule has 1 atom stereocenters. The number of rotatable bonds is 11. The molecule has 3 aromatic carbocycles. The Hall–Kier alpha value is -3.65. The lowest BCUT2D eigenvalue weighted by Crippen LogP contribution is -2.54. The Morgan fingerprint density at radius 3 is 1.89 bits per heavy atom. The summed E-state index contributed by atoms with van der Waals surface area (Å²) >= 11 is 0. The first-order chi connectivity index (χ1) is 17.5. The minimum Gasteiger partial charge on any atom is -0.352 e. The third-order valence-corrected chi connectivity index (χ3v) is 7.04. The molecule has 7 nitrogen and oxygen atoms in total. The zero-order chi connectivity index (χ0) is 27.0. The Morgan fingerprint density at radius 2 is 1.38 bits per heavy atom. The molecule has 0 aliphatic heterocycles. The molecule has 0 bridgehead atoms. The van der Waals surface area contributed by atoms with E-state index in [-0.39, 0.29) is 18.5 Å². The van der Waals surface area contributed by atoms with Gasteiger partial charge in [-0.1, -0.05) is 78.4 Å². The Kier molecular flexibility index (Phi) is 9.47. The lowest BCUT2D eigenvalue weighted by molar-refractivity contribution is -0.140. The van der Waals surface area contributed by atoms with Crippen molar-refractivity contribution in [1.82, 2.24) is 10.2 Å². The fourth-order valence-electron chi connectivity index (χ4n) is 4.04. The molecule has 0 saturated heterocycles. The normalized spacial score (nSPS) is 12.1. The molecule has 2 amide bonds. The number of carbonyl (C=O) groups is 2. The summed E-state index contributed by atoms with van der Waals surface area (Å²) in [5.74, 6) is -0.751.